The molecule has 0 rings (SSSR count). The van der Waals surface area contributed by atoms with Crippen LogP contribution in [0.1, 0.15) is 356 Å². The van der Waals surface area contributed by atoms with Crippen LogP contribution in [0.15, 0.2) is 0 Å². The number of carbonyl (C=O) groups excluding carboxylic acids is 4. The van der Waals surface area contributed by atoms with E-state index in [9.17, 15) is 43.2 Å². The average Bonchev–Trinajstić information content (AvgIpc) is 3.73. The predicted octanol–water partition coefficient (Wildman–Crippen LogP) is 20.0. The molecule has 0 aromatic heterocycles. The van der Waals surface area contributed by atoms with Gasteiger partial charge < -0.3 is 33.8 Å². The summed E-state index contributed by atoms with van der Waals surface area (Å²) < 4.78 is 68.3. The third kappa shape index (κ3) is 62.0. The fourth-order valence-electron chi connectivity index (χ4n) is 10.5. The minimum absolute atomic E-state index is 0.106. The Bertz CT molecular complexity index is 1740. The molecule has 17 nitrogen and oxygen atoms in total. The molecule has 0 spiro atoms. The lowest BCUT2D eigenvalue weighted by Gasteiger charge is -2.21. The molecule has 0 fully saturated rings. The second-order valence-corrected chi connectivity index (χ2v) is 28.7. The SMILES string of the molecule is CCCCCCCCCCCCCCC(=O)O[C@H](COC(=O)CCCCCCCCCCC)COP(=O)(O)OC[C@H](O)COP(=O)(O)OC[C@@H](COC(=O)CCCCCCCCCCCCC(C)CC)OC(=O)CCCCCCCCCCCCC(C)CC. The maximum absolute atomic E-state index is 13.0. The summed E-state index contributed by atoms with van der Waals surface area (Å²) >= 11 is 0. The number of hydrogen-bond donors (Lipinski definition) is 3. The van der Waals surface area contributed by atoms with E-state index in [2.05, 4.69) is 41.5 Å². The van der Waals surface area contributed by atoms with E-state index in [4.69, 9.17) is 37.0 Å². The van der Waals surface area contributed by atoms with Crippen LogP contribution in [0.4, 0.5) is 0 Å². The lowest BCUT2D eigenvalue weighted by molar-refractivity contribution is -0.161. The van der Waals surface area contributed by atoms with E-state index in [0.29, 0.717) is 25.7 Å². The zero-order valence-electron chi connectivity index (χ0n) is 57.7. The number of hydrogen-bond acceptors (Lipinski definition) is 15. The summed E-state index contributed by atoms with van der Waals surface area (Å²) in [6.45, 7) is 9.59. The van der Waals surface area contributed by atoms with Gasteiger partial charge in [0.1, 0.15) is 19.3 Å². The first-order valence-electron chi connectivity index (χ1n) is 36.6. The fraction of sp³-hybridized carbons (Fsp3) is 0.943. The van der Waals surface area contributed by atoms with Gasteiger partial charge in [0.25, 0.3) is 0 Å². The van der Waals surface area contributed by atoms with Crippen LogP contribution in [-0.4, -0.2) is 96.7 Å². The molecule has 0 radical (unpaired) electrons. The van der Waals surface area contributed by atoms with Crippen molar-refractivity contribution in [2.45, 2.75) is 374 Å². The molecule has 0 aliphatic heterocycles. The summed E-state index contributed by atoms with van der Waals surface area (Å²) in [5, 5.41) is 10.6. The third-order valence-corrected chi connectivity index (χ3v) is 18.8. The molecule has 0 aliphatic carbocycles. The zero-order chi connectivity index (χ0) is 65.7. The van der Waals surface area contributed by atoms with Gasteiger partial charge in [-0.2, -0.15) is 0 Å². The molecule has 0 saturated heterocycles. The van der Waals surface area contributed by atoms with Crippen molar-refractivity contribution in [3.63, 3.8) is 0 Å². The van der Waals surface area contributed by atoms with Gasteiger partial charge in [-0.25, -0.2) is 9.13 Å². The van der Waals surface area contributed by atoms with Gasteiger partial charge in [-0.1, -0.05) is 305 Å². The number of aliphatic hydroxyl groups is 1. The van der Waals surface area contributed by atoms with Gasteiger partial charge in [0, 0.05) is 25.7 Å². The maximum Gasteiger partial charge on any atom is 0.472 e. The van der Waals surface area contributed by atoms with E-state index in [1.165, 1.54) is 173 Å². The Kier molecular flexibility index (Phi) is 60.8. The predicted molar refractivity (Wildman–Crippen MR) is 358 cm³/mol. The van der Waals surface area contributed by atoms with Crippen molar-refractivity contribution in [3.05, 3.63) is 0 Å². The topological polar surface area (TPSA) is 237 Å². The van der Waals surface area contributed by atoms with Crippen molar-refractivity contribution in [2.24, 2.45) is 11.8 Å². The van der Waals surface area contributed by atoms with Crippen LogP contribution in [0, 0.1) is 11.8 Å². The van der Waals surface area contributed by atoms with Gasteiger partial charge in [-0.3, -0.25) is 37.3 Å². The molecular formula is C70H136O17P2. The molecule has 0 saturated carbocycles. The van der Waals surface area contributed by atoms with E-state index in [-0.39, 0.29) is 25.7 Å². The molecule has 4 unspecified atom stereocenters. The zero-order valence-corrected chi connectivity index (χ0v) is 59.5. The van der Waals surface area contributed by atoms with Gasteiger partial charge in [0.15, 0.2) is 12.2 Å². The van der Waals surface area contributed by atoms with Crippen molar-refractivity contribution in [1.82, 2.24) is 0 Å². The van der Waals surface area contributed by atoms with E-state index in [1.807, 2.05) is 0 Å². The van der Waals surface area contributed by atoms with Gasteiger partial charge in [0.2, 0.25) is 0 Å². The Balaban J connectivity index is 5.25. The Morgan fingerprint density at radius 3 is 0.798 bits per heavy atom. The van der Waals surface area contributed by atoms with Crippen molar-refractivity contribution in [3.8, 4) is 0 Å². The lowest BCUT2D eigenvalue weighted by atomic mass is 9.99. The number of phosphoric ester groups is 2. The summed E-state index contributed by atoms with van der Waals surface area (Å²) in [7, 11) is -9.90. The Labute approximate surface area is 543 Å². The Morgan fingerprint density at radius 1 is 0.315 bits per heavy atom. The van der Waals surface area contributed by atoms with Gasteiger partial charge in [-0.15, -0.1) is 0 Å². The highest BCUT2D eigenvalue weighted by Crippen LogP contribution is 2.45. The minimum Gasteiger partial charge on any atom is -0.462 e. The molecule has 0 aromatic carbocycles. The second kappa shape index (κ2) is 62.2. The Morgan fingerprint density at radius 2 is 0.539 bits per heavy atom. The molecule has 89 heavy (non-hydrogen) atoms. The van der Waals surface area contributed by atoms with Crippen LogP contribution in [0.2, 0.25) is 0 Å². The van der Waals surface area contributed by atoms with Gasteiger partial charge in [-0.05, 0) is 37.5 Å². The van der Waals surface area contributed by atoms with Gasteiger partial charge >= 0.3 is 39.5 Å². The molecule has 19 heteroatoms. The number of ether oxygens (including phenoxy) is 4. The monoisotopic (exact) mass is 1310 g/mol. The number of carbonyl (C=O) groups is 4. The molecule has 3 N–H and O–H groups in total. The van der Waals surface area contributed by atoms with Crippen molar-refractivity contribution >= 4 is 39.5 Å². The van der Waals surface area contributed by atoms with Crippen LogP contribution in [0.5, 0.6) is 0 Å². The summed E-state index contributed by atoms with van der Waals surface area (Å²) in [4.78, 5) is 72.5. The number of aliphatic hydroxyl groups excluding tert-OH is 1. The molecule has 0 heterocycles. The molecule has 528 valence electrons. The van der Waals surface area contributed by atoms with E-state index in [0.717, 1.165) is 102 Å². The summed E-state index contributed by atoms with van der Waals surface area (Å²) in [5.74, 6) is -0.511. The first kappa shape index (κ1) is 87.1. The summed E-state index contributed by atoms with van der Waals surface area (Å²) in [6.07, 6.45) is 46.9. The number of rotatable bonds is 69. The quantitative estimate of drug-likeness (QED) is 0.0222. The molecular weight excluding hydrogens is 1170 g/mol. The maximum atomic E-state index is 13.0. The van der Waals surface area contributed by atoms with Crippen molar-refractivity contribution < 1.29 is 80.2 Å². The highest BCUT2D eigenvalue weighted by molar-refractivity contribution is 7.47. The van der Waals surface area contributed by atoms with Crippen LogP contribution >= 0.6 is 15.6 Å². The Hall–Kier alpha value is -1.94. The smallest absolute Gasteiger partial charge is 0.462 e. The third-order valence-electron chi connectivity index (χ3n) is 16.9. The minimum atomic E-state index is -4.95. The molecule has 0 amide bonds. The standard InChI is InChI=1S/C70H136O17P2/c1-7-11-13-15-17-19-20-21-30-36-42-48-54-69(74)86-65(58-80-67(72)52-46-40-34-26-18-16-14-12-8-2)60-84-88(76,77)82-56-64(71)57-83-89(78,79)85-61-66(87-70(75)55-49-43-37-31-25-23-28-33-39-45-51-63(6)10-4)59-81-68(73)53-47-41-35-29-24-22-27-32-38-44-50-62(5)9-3/h62-66,71H,7-61H2,1-6H3,(H,76,77)(H,78,79)/t62?,63?,64-,65+,66+/m0/s1. The van der Waals surface area contributed by atoms with E-state index >= 15 is 0 Å². The molecule has 0 aliphatic rings. The number of esters is 4. The number of unbranched alkanes of at least 4 members (excludes halogenated alkanes) is 37. The number of phosphoric acid groups is 2. The van der Waals surface area contributed by atoms with Gasteiger partial charge in [0.05, 0.1) is 26.4 Å². The second-order valence-electron chi connectivity index (χ2n) is 25.8. The van der Waals surface area contributed by atoms with E-state index in [1.54, 1.807) is 0 Å². The van der Waals surface area contributed by atoms with E-state index < -0.39 is 97.5 Å². The largest absolute Gasteiger partial charge is 0.472 e. The summed E-state index contributed by atoms with van der Waals surface area (Å²) in [6, 6.07) is 0. The van der Waals surface area contributed by atoms with Crippen LogP contribution in [0.3, 0.4) is 0 Å². The molecule has 0 bridgehead atoms. The highest BCUT2D eigenvalue weighted by atomic mass is 31.2. The first-order valence-corrected chi connectivity index (χ1v) is 39.6. The van der Waals surface area contributed by atoms with Crippen LogP contribution in [0.25, 0.3) is 0 Å². The summed E-state index contributed by atoms with van der Waals surface area (Å²) in [5.41, 5.74) is 0. The lowest BCUT2D eigenvalue weighted by Crippen LogP contribution is -2.30. The molecule has 7 atom stereocenters. The van der Waals surface area contributed by atoms with Crippen LogP contribution in [-0.2, 0) is 65.4 Å². The van der Waals surface area contributed by atoms with Crippen molar-refractivity contribution in [2.75, 3.05) is 39.6 Å². The average molecular weight is 1310 g/mol. The van der Waals surface area contributed by atoms with Crippen LogP contribution < -0.4 is 0 Å². The highest BCUT2D eigenvalue weighted by Gasteiger charge is 2.30. The first-order chi connectivity index (χ1) is 42.9. The van der Waals surface area contributed by atoms with Crippen molar-refractivity contribution in [1.29, 1.82) is 0 Å². The molecule has 0 aromatic rings. The normalized spacial score (nSPS) is 14.8. The fourth-order valence-corrected chi connectivity index (χ4v) is 12.1.